The second kappa shape index (κ2) is 4.35. The number of carbonyl (C=O) groups excluding carboxylic acids is 1. The molecule has 0 spiro atoms. The van der Waals surface area contributed by atoms with Crippen LogP contribution in [0.2, 0.25) is 0 Å². The van der Waals surface area contributed by atoms with Crippen LogP contribution in [0.25, 0.3) is 0 Å². The molecule has 1 heterocycles. The van der Waals surface area contributed by atoms with Gasteiger partial charge in [0.25, 0.3) is 0 Å². The van der Waals surface area contributed by atoms with Crippen molar-refractivity contribution in [2.75, 3.05) is 0 Å². The van der Waals surface area contributed by atoms with Gasteiger partial charge in [-0.1, -0.05) is 12.8 Å². The Morgan fingerprint density at radius 3 is 2.86 bits per heavy atom. The summed E-state index contributed by atoms with van der Waals surface area (Å²) < 4.78 is 1.90. The Hall–Kier alpha value is -1.19. The molecule has 0 N–H and O–H groups in total. The molecule has 0 saturated heterocycles. The van der Waals surface area contributed by atoms with Crippen LogP contribution >= 0.6 is 0 Å². The van der Waals surface area contributed by atoms with Crippen LogP contribution in [0.1, 0.15) is 32.1 Å². The third kappa shape index (κ3) is 2.19. The average molecular weight is 193 g/mol. The zero-order valence-corrected chi connectivity index (χ0v) is 8.22. The minimum absolute atomic E-state index is 0.188. The smallest absolute Gasteiger partial charge is 0.137 e. The van der Waals surface area contributed by atoms with E-state index in [1.165, 1.54) is 12.8 Å². The van der Waals surface area contributed by atoms with E-state index in [0.717, 1.165) is 25.8 Å². The van der Waals surface area contributed by atoms with Crippen LogP contribution in [0.4, 0.5) is 0 Å². The van der Waals surface area contributed by atoms with Gasteiger partial charge in [-0.05, 0) is 12.8 Å². The van der Waals surface area contributed by atoms with E-state index in [9.17, 15) is 4.79 Å². The largest absolute Gasteiger partial charge is 0.319 e. The van der Waals surface area contributed by atoms with Crippen molar-refractivity contribution in [2.24, 2.45) is 5.92 Å². The fraction of sp³-hybridized carbons (Fsp3) is 0.700. The van der Waals surface area contributed by atoms with Gasteiger partial charge in [0.15, 0.2) is 0 Å². The van der Waals surface area contributed by atoms with Gasteiger partial charge in [0.2, 0.25) is 0 Å². The number of hydrogen-bond acceptors (Lipinski definition) is 3. The number of nitrogens with zero attached hydrogens (tertiary/aromatic N) is 3. The minimum atomic E-state index is 0.188. The number of hydrogen-bond donors (Lipinski definition) is 0. The molecule has 0 aliphatic heterocycles. The molecule has 0 bridgehead atoms. The molecule has 2 rings (SSSR count). The highest BCUT2D eigenvalue weighted by Gasteiger charge is 2.20. The van der Waals surface area contributed by atoms with E-state index in [1.807, 2.05) is 4.57 Å². The lowest BCUT2D eigenvalue weighted by molar-refractivity contribution is -0.123. The summed E-state index contributed by atoms with van der Waals surface area (Å²) in [5, 5.41) is 7.48. The monoisotopic (exact) mass is 193 g/mol. The van der Waals surface area contributed by atoms with Crippen molar-refractivity contribution >= 4 is 5.78 Å². The van der Waals surface area contributed by atoms with E-state index >= 15 is 0 Å². The van der Waals surface area contributed by atoms with Crippen LogP contribution in [0, 0.1) is 5.92 Å². The lowest BCUT2D eigenvalue weighted by Crippen LogP contribution is -2.18. The fourth-order valence-electron chi connectivity index (χ4n) is 2.00. The van der Waals surface area contributed by atoms with E-state index in [1.54, 1.807) is 12.7 Å². The van der Waals surface area contributed by atoms with Crippen molar-refractivity contribution in [3.8, 4) is 0 Å². The zero-order valence-electron chi connectivity index (χ0n) is 8.22. The predicted octanol–water partition coefficient (Wildman–Crippen LogP) is 1.43. The standard InChI is InChI=1S/C10H15N3O/c14-10-5-3-1-2-4-9(10)6-13-7-11-12-8-13/h7-9H,1-6H2/t9-/m1/s1. The molecule has 1 atom stereocenters. The molecule has 1 aromatic rings. The summed E-state index contributed by atoms with van der Waals surface area (Å²) in [5.41, 5.74) is 0. The normalized spacial score (nSPS) is 23.4. The topological polar surface area (TPSA) is 47.8 Å². The maximum Gasteiger partial charge on any atom is 0.137 e. The van der Waals surface area contributed by atoms with Crippen LogP contribution in [0.3, 0.4) is 0 Å². The molecule has 4 heteroatoms. The van der Waals surface area contributed by atoms with Gasteiger partial charge in [-0.25, -0.2) is 0 Å². The van der Waals surface area contributed by atoms with E-state index in [0.29, 0.717) is 5.78 Å². The molecular formula is C10H15N3O. The molecule has 14 heavy (non-hydrogen) atoms. The molecule has 1 aliphatic carbocycles. The Morgan fingerprint density at radius 1 is 1.29 bits per heavy atom. The summed E-state index contributed by atoms with van der Waals surface area (Å²) in [6, 6.07) is 0. The second-order valence-electron chi connectivity index (χ2n) is 3.92. The Kier molecular flexibility index (Phi) is 2.91. The highest BCUT2D eigenvalue weighted by Crippen LogP contribution is 2.21. The summed E-state index contributed by atoms with van der Waals surface area (Å²) >= 11 is 0. The Bertz CT molecular complexity index is 294. The van der Waals surface area contributed by atoms with Crippen LogP contribution < -0.4 is 0 Å². The molecule has 1 fully saturated rings. The number of aromatic nitrogens is 3. The summed E-state index contributed by atoms with van der Waals surface area (Å²) in [6.45, 7) is 0.756. The van der Waals surface area contributed by atoms with Crippen molar-refractivity contribution in [2.45, 2.75) is 38.6 Å². The van der Waals surface area contributed by atoms with Gasteiger partial charge in [-0.15, -0.1) is 10.2 Å². The van der Waals surface area contributed by atoms with Gasteiger partial charge < -0.3 is 4.57 Å². The van der Waals surface area contributed by atoms with Crippen molar-refractivity contribution in [1.29, 1.82) is 0 Å². The highest BCUT2D eigenvalue weighted by atomic mass is 16.1. The highest BCUT2D eigenvalue weighted by molar-refractivity contribution is 5.81. The lowest BCUT2D eigenvalue weighted by Gasteiger charge is -2.12. The Balaban J connectivity index is 1.98. The first-order valence-corrected chi connectivity index (χ1v) is 5.21. The molecule has 0 radical (unpaired) electrons. The van der Waals surface area contributed by atoms with E-state index in [-0.39, 0.29) is 5.92 Å². The summed E-state index contributed by atoms with van der Waals surface area (Å²) in [7, 11) is 0. The first kappa shape index (κ1) is 9.37. The van der Waals surface area contributed by atoms with Crippen LogP contribution in [-0.2, 0) is 11.3 Å². The maximum absolute atomic E-state index is 11.7. The van der Waals surface area contributed by atoms with Crippen molar-refractivity contribution < 1.29 is 4.79 Å². The van der Waals surface area contributed by atoms with Gasteiger partial charge in [0, 0.05) is 18.9 Å². The summed E-state index contributed by atoms with van der Waals surface area (Å²) in [6.07, 6.45) is 8.58. The number of rotatable bonds is 2. The number of Topliss-reactive ketones (excluding diaryl/α,β-unsaturated/α-hetero) is 1. The molecule has 76 valence electrons. The molecule has 0 unspecified atom stereocenters. The fourth-order valence-corrected chi connectivity index (χ4v) is 2.00. The molecule has 0 amide bonds. The third-order valence-electron chi connectivity index (χ3n) is 2.83. The van der Waals surface area contributed by atoms with Crippen molar-refractivity contribution in [3.05, 3.63) is 12.7 Å². The molecule has 0 aromatic carbocycles. The predicted molar refractivity (Wildman–Crippen MR) is 51.6 cm³/mol. The molecule has 4 nitrogen and oxygen atoms in total. The van der Waals surface area contributed by atoms with Gasteiger partial charge in [-0.3, -0.25) is 4.79 Å². The lowest BCUT2D eigenvalue weighted by atomic mass is 9.99. The van der Waals surface area contributed by atoms with Crippen molar-refractivity contribution in [1.82, 2.24) is 14.8 Å². The Morgan fingerprint density at radius 2 is 2.07 bits per heavy atom. The first-order valence-electron chi connectivity index (χ1n) is 5.21. The average Bonchev–Trinajstić information content (AvgIpc) is 2.60. The van der Waals surface area contributed by atoms with Gasteiger partial charge in [-0.2, -0.15) is 0 Å². The molecule has 1 saturated carbocycles. The van der Waals surface area contributed by atoms with Crippen LogP contribution in [-0.4, -0.2) is 20.5 Å². The summed E-state index contributed by atoms with van der Waals surface area (Å²) in [4.78, 5) is 11.7. The van der Waals surface area contributed by atoms with E-state index in [4.69, 9.17) is 0 Å². The van der Waals surface area contributed by atoms with Gasteiger partial charge in [0.05, 0.1) is 0 Å². The maximum atomic E-state index is 11.7. The Labute approximate surface area is 83.3 Å². The molecule has 1 aliphatic rings. The van der Waals surface area contributed by atoms with Gasteiger partial charge in [0.1, 0.15) is 18.4 Å². The summed E-state index contributed by atoms with van der Waals surface area (Å²) in [5.74, 6) is 0.602. The van der Waals surface area contributed by atoms with E-state index < -0.39 is 0 Å². The molecule has 1 aromatic heterocycles. The number of carbonyl (C=O) groups is 1. The van der Waals surface area contributed by atoms with Crippen molar-refractivity contribution in [3.63, 3.8) is 0 Å². The SMILES string of the molecule is O=C1CCCCC[C@@H]1Cn1cnnc1. The van der Waals surface area contributed by atoms with Crippen LogP contribution in [0.5, 0.6) is 0 Å². The van der Waals surface area contributed by atoms with E-state index in [2.05, 4.69) is 10.2 Å². The van der Waals surface area contributed by atoms with Crippen LogP contribution in [0.15, 0.2) is 12.7 Å². The number of ketones is 1. The molecular weight excluding hydrogens is 178 g/mol. The quantitative estimate of drug-likeness (QED) is 0.667. The minimum Gasteiger partial charge on any atom is -0.319 e. The van der Waals surface area contributed by atoms with Gasteiger partial charge >= 0.3 is 0 Å². The third-order valence-corrected chi connectivity index (χ3v) is 2.83. The second-order valence-corrected chi connectivity index (χ2v) is 3.92. The first-order chi connectivity index (χ1) is 6.86. The zero-order chi connectivity index (χ0) is 9.80.